The minimum Gasteiger partial charge on any atom is -0.359 e. The summed E-state index contributed by atoms with van der Waals surface area (Å²) in [5, 5.41) is 2.58. The Morgan fingerprint density at radius 2 is 2.18 bits per heavy atom. The van der Waals surface area contributed by atoms with Gasteiger partial charge in [-0.2, -0.15) is 0 Å². The lowest BCUT2D eigenvalue weighted by atomic mass is 9.89. The molecule has 100 valence electrons. The predicted octanol–water partition coefficient (Wildman–Crippen LogP) is 0.403. The molecule has 1 atom stereocenters. The summed E-state index contributed by atoms with van der Waals surface area (Å²) >= 11 is 5.50. The highest BCUT2D eigenvalue weighted by atomic mass is 35.5. The molecule has 1 unspecified atom stereocenters. The van der Waals surface area contributed by atoms with Crippen molar-refractivity contribution in [3.63, 3.8) is 0 Å². The summed E-state index contributed by atoms with van der Waals surface area (Å²) in [5.74, 6) is 0.285. The normalized spacial score (nSPS) is 26.1. The molecule has 0 aromatic carbocycles. The first-order chi connectivity index (χ1) is 7.85. The van der Waals surface area contributed by atoms with Crippen LogP contribution in [0, 0.1) is 5.41 Å². The van der Waals surface area contributed by atoms with Crippen LogP contribution in [0.4, 0.5) is 0 Å². The highest BCUT2D eigenvalue weighted by molar-refractivity contribution is 7.89. The van der Waals surface area contributed by atoms with E-state index in [9.17, 15) is 13.2 Å². The van der Waals surface area contributed by atoms with E-state index >= 15 is 0 Å². The fourth-order valence-corrected chi connectivity index (χ4v) is 3.92. The minimum absolute atomic E-state index is 0.0559. The lowest BCUT2D eigenvalue weighted by Crippen LogP contribution is -2.40. The number of nitrogens with zero attached hydrogens (tertiary/aromatic N) is 1. The maximum atomic E-state index is 11.9. The fraction of sp³-hybridized carbons (Fsp3) is 0.900. The molecule has 0 aliphatic carbocycles. The van der Waals surface area contributed by atoms with Crippen molar-refractivity contribution in [1.29, 1.82) is 0 Å². The van der Waals surface area contributed by atoms with Crippen molar-refractivity contribution in [1.82, 2.24) is 9.62 Å². The van der Waals surface area contributed by atoms with E-state index < -0.39 is 15.4 Å². The number of nitrogens with one attached hydrogen (secondary N) is 1. The van der Waals surface area contributed by atoms with Gasteiger partial charge in [-0.05, 0) is 19.8 Å². The van der Waals surface area contributed by atoms with Crippen LogP contribution < -0.4 is 5.32 Å². The molecule has 17 heavy (non-hydrogen) atoms. The van der Waals surface area contributed by atoms with Gasteiger partial charge in [-0.1, -0.05) is 0 Å². The van der Waals surface area contributed by atoms with E-state index in [4.69, 9.17) is 11.6 Å². The van der Waals surface area contributed by atoms with Gasteiger partial charge in [0.05, 0.1) is 11.2 Å². The molecule has 0 aromatic rings. The summed E-state index contributed by atoms with van der Waals surface area (Å²) in [4.78, 5) is 11.7. The van der Waals surface area contributed by atoms with Gasteiger partial charge in [0.25, 0.3) is 0 Å². The molecule has 7 heteroatoms. The van der Waals surface area contributed by atoms with E-state index in [0.29, 0.717) is 25.3 Å². The standard InChI is InChI=1S/C10H19ClN2O3S/c1-10(9(14)12-2)4-6-13(8-10)17(15,16)7-3-5-11/h3-8H2,1-2H3,(H,12,14). The number of hydrogen-bond donors (Lipinski definition) is 1. The Bertz CT molecular complexity index is 385. The minimum atomic E-state index is -3.27. The van der Waals surface area contributed by atoms with Crippen LogP contribution in [-0.4, -0.2) is 50.4 Å². The molecule has 1 aliphatic rings. The summed E-state index contributed by atoms with van der Waals surface area (Å²) in [6.45, 7) is 2.47. The molecule has 1 heterocycles. The van der Waals surface area contributed by atoms with Gasteiger partial charge in [-0.15, -0.1) is 11.6 Å². The van der Waals surface area contributed by atoms with E-state index in [0.717, 1.165) is 0 Å². The molecule has 0 saturated carbocycles. The first kappa shape index (κ1) is 14.7. The fourth-order valence-electron chi connectivity index (χ4n) is 2.01. The van der Waals surface area contributed by atoms with E-state index in [-0.39, 0.29) is 18.2 Å². The molecule has 1 aliphatic heterocycles. The van der Waals surface area contributed by atoms with Gasteiger partial charge >= 0.3 is 0 Å². The zero-order chi connectivity index (χ0) is 13.1. The van der Waals surface area contributed by atoms with Crippen LogP contribution in [0.25, 0.3) is 0 Å². The lowest BCUT2D eigenvalue weighted by molar-refractivity contribution is -0.128. The van der Waals surface area contributed by atoms with Crippen molar-refractivity contribution >= 4 is 27.5 Å². The first-order valence-corrected chi connectivity index (χ1v) is 7.76. The molecule has 1 saturated heterocycles. The van der Waals surface area contributed by atoms with Gasteiger partial charge in [0.15, 0.2) is 0 Å². The van der Waals surface area contributed by atoms with E-state index in [1.165, 1.54) is 4.31 Å². The van der Waals surface area contributed by atoms with Gasteiger partial charge in [0.1, 0.15) is 0 Å². The number of carbonyl (C=O) groups is 1. The van der Waals surface area contributed by atoms with Crippen LogP contribution in [0.5, 0.6) is 0 Å². The quantitative estimate of drug-likeness (QED) is 0.743. The smallest absolute Gasteiger partial charge is 0.227 e. The third-order valence-corrected chi connectivity index (χ3v) is 5.31. The van der Waals surface area contributed by atoms with Gasteiger partial charge < -0.3 is 5.32 Å². The monoisotopic (exact) mass is 282 g/mol. The zero-order valence-corrected chi connectivity index (χ0v) is 11.8. The lowest BCUT2D eigenvalue weighted by Gasteiger charge is -2.22. The Morgan fingerprint density at radius 1 is 1.53 bits per heavy atom. The number of amides is 1. The molecular weight excluding hydrogens is 264 g/mol. The molecule has 1 rings (SSSR count). The average molecular weight is 283 g/mol. The number of sulfonamides is 1. The Morgan fingerprint density at radius 3 is 2.71 bits per heavy atom. The molecule has 0 bridgehead atoms. The first-order valence-electron chi connectivity index (χ1n) is 5.62. The second-order valence-corrected chi connectivity index (χ2v) is 7.05. The van der Waals surface area contributed by atoms with Crippen molar-refractivity contribution in [3.05, 3.63) is 0 Å². The second-order valence-electron chi connectivity index (χ2n) is 4.58. The molecule has 0 radical (unpaired) electrons. The third-order valence-electron chi connectivity index (χ3n) is 3.14. The highest BCUT2D eigenvalue weighted by Crippen LogP contribution is 2.31. The molecule has 5 nitrogen and oxygen atoms in total. The predicted molar refractivity (Wildman–Crippen MR) is 67.5 cm³/mol. The largest absolute Gasteiger partial charge is 0.359 e. The Kier molecular flexibility index (Phi) is 4.80. The maximum absolute atomic E-state index is 11.9. The van der Waals surface area contributed by atoms with Crippen LogP contribution in [-0.2, 0) is 14.8 Å². The molecule has 0 spiro atoms. The Hall–Kier alpha value is -0.330. The van der Waals surface area contributed by atoms with Gasteiger partial charge in [0.2, 0.25) is 15.9 Å². The van der Waals surface area contributed by atoms with Gasteiger partial charge in [-0.3, -0.25) is 4.79 Å². The Balaban J connectivity index is 2.70. The number of alkyl halides is 1. The van der Waals surface area contributed by atoms with Crippen LogP contribution in [0.1, 0.15) is 19.8 Å². The topological polar surface area (TPSA) is 66.5 Å². The Labute approximate surface area is 108 Å². The number of halogens is 1. The number of carbonyl (C=O) groups excluding carboxylic acids is 1. The summed E-state index contributed by atoms with van der Waals surface area (Å²) < 4.78 is 25.2. The zero-order valence-electron chi connectivity index (χ0n) is 10.2. The van der Waals surface area contributed by atoms with Crippen molar-refractivity contribution in [2.24, 2.45) is 5.41 Å². The second kappa shape index (κ2) is 5.54. The van der Waals surface area contributed by atoms with Crippen molar-refractivity contribution in [3.8, 4) is 0 Å². The van der Waals surface area contributed by atoms with Crippen molar-refractivity contribution in [2.75, 3.05) is 31.8 Å². The summed E-state index contributed by atoms with van der Waals surface area (Å²) in [7, 11) is -1.70. The molecule has 1 amide bonds. The summed E-state index contributed by atoms with van der Waals surface area (Å²) in [5.41, 5.74) is -0.608. The third kappa shape index (κ3) is 3.33. The molecule has 0 aromatic heterocycles. The highest BCUT2D eigenvalue weighted by Gasteiger charge is 2.43. The molecule has 1 N–H and O–H groups in total. The summed E-state index contributed by atoms with van der Waals surface area (Å²) in [6, 6.07) is 0. The van der Waals surface area contributed by atoms with Crippen LogP contribution >= 0.6 is 11.6 Å². The van der Waals surface area contributed by atoms with E-state index in [1.54, 1.807) is 14.0 Å². The van der Waals surface area contributed by atoms with E-state index in [2.05, 4.69) is 5.32 Å². The van der Waals surface area contributed by atoms with Crippen LogP contribution in [0.15, 0.2) is 0 Å². The molecule has 1 fully saturated rings. The van der Waals surface area contributed by atoms with Gasteiger partial charge in [0, 0.05) is 26.0 Å². The molecular formula is C10H19ClN2O3S. The average Bonchev–Trinajstić information content (AvgIpc) is 2.70. The SMILES string of the molecule is CNC(=O)C1(C)CCN(S(=O)(=O)CCCCl)C1. The maximum Gasteiger partial charge on any atom is 0.227 e. The van der Waals surface area contributed by atoms with Gasteiger partial charge in [-0.25, -0.2) is 12.7 Å². The van der Waals surface area contributed by atoms with Crippen LogP contribution in [0.3, 0.4) is 0 Å². The summed E-state index contributed by atoms with van der Waals surface area (Å²) in [6.07, 6.45) is 1.00. The van der Waals surface area contributed by atoms with Crippen LogP contribution in [0.2, 0.25) is 0 Å². The number of hydrogen-bond acceptors (Lipinski definition) is 3. The van der Waals surface area contributed by atoms with Crippen molar-refractivity contribution in [2.45, 2.75) is 19.8 Å². The van der Waals surface area contributed by atoms with Crippen molar-refractivity contribution < 1.29 is 13.2 Å². The van der Waals surface area contributed by atoms with E-state index in [1.807, 2.05) is 0 Å². The number of rotatable bonds is 5.